The monoisotopic (exact) mass is 268 g/mol. The van der Waals surface area contributed by atoms with Crippen molar-refractivity contribution in [3.63, 3.8) is 0 Å². The minimum Gasteiger partial charge on any atom is -0.381 e. The first-order chi connectivity index (χ1) is 7.63. The van der Waals surface area contributed by atoms with E-state index in [2.05, 4.69) is 0 Å². The number of unbranched alkanes of at least 4 members (excludes halogenated alkanes) is 3. The van der Waals surface area contributed by atoms with Crippen molar-refractivity contribution in [2.24, 2.45) is 0 Å². The number of halogens is 2. The quantitative estimate of drug-likeness (QED) is 0.427. The summed E-state index contributed by atoms with van der Waals surface area (Å²) in [6.07, 6.45) is 5.23. The molecule has 5 heteroatoms. The van der Waals surface area contributed by atoms with Gasteiger partial charge in [-0.3, -0.25) is 9.59 Å². The average molecular weight is 269 g/mol. The molecular weight excluding hydrogens is 251 g/mol. The topological polar surface area (TPSA) is 43.4 Å². The third-order valence-corrected chi connectivity index (χ3v) is 2.45. The van der Waals surface area contributed by atoms with Crippen LogP contribution in [0.15, 0.2) is 0 Å². The minimum absolute atomic E-state index is 0.272. The maximum atomic E-state index is 10.4. The summed E-state index contributed by atoms with van der Waals surface area (Å²) in [5, 5.41) is -0.558. The van der Waals surface area contributed by atoms with Crippen molar-refractivity contribution in [3.8, 4) is 0 Å². The van der Waals surface area contributed by atoms with Gasteiger partial charge in [-0.05, 0) is 48.9 Å². The molecule has 94 valence electrons. The SMILES string of the molecule is O=C(Cl)CCCCCOCCCCC(=O)Cl. The fourth-order valence-electron chi connectivity index (χ4n) is 1.22. The normalized spacial score (nSPS) is 10.4. The van der Waals surface area contributed by atoms with E-state index in [9.17, 15) is 9.59 Å². The first-order valence-electron chi connectivity index (χ1n) is 5.57. The van der Waals surface area contributed by atoms with Crippen LogP contribution in [0.4, 0.5) is 0 Å². The van der Waals surface area contributed by atoms with Crippen LogP contribution in [-0.4, -0.2) is 23.7 Å². The van der Waals surface area contributed by atoms with E-state index >= 15 is 0 Å². The summed E-state index contributed by atoms with van der Waals surface area (Å²) in [5.41, 5.74) is 0. The van der Waals surface area contributed by atoms with Crippen molar-refractivity contribution in [1.82, 2.24) is 0 Å². The van der Waals surface area contributed by atoms with Crippen molar-refractivity contribution in [2.45, 2.75) is 44.9 Å². The van der Waals surface area contributed by atoms with E-state index in [4.69, 9.17) is 27.9 Å². The van der Waals surface area contributed by atoms with Crippen LogP contribution in [0.5, 0.6) is 0 Å². The van der Waals surface area contributed by atoms with Gasteiger partial charge in [-0.1, -0.05) is 6.42 Å². The highest BCUT2D eigenvalue weighted by Crippen LogP contribution is 2.03. The zero-order valence-corrected chi connectivity index (χ0v) is 10.9. The van der Waals surface area contributed by atoms with Crippen LogP contribution >= 0.6 is 23.2 Å². The van der Waals surface area contributed by atoms with Gasteiger partial charge >= 0.3 is 0 Å². The smallest absolute Gasteiger partial charge is 0.221 e. The summed E-state index contributed by atoms with van der Waals surface area (Å²) >= 11 is 10.4. The predicted molar refractivity (Wildman–Crippen MR) is 64.9 cm³/mol. The number of carbonyl (C=O) groups excluding carboxylic acids is 2. The molecule has 0 bridgehead atoms. The summed E-state index contributed by atoms with van der Waals surface area (Å²) in [5.74, 6) is 0. The highest BCUT2D eigenvalue weighted by molar-refractivity contribution is 6.63. The molecule has 0 aliphatic heterocycles. The molecule has 0 aromatic heterocycles. The molecule has 0 amide bonds. The van der Waals surface area contributed by atoms with Gasteiger partial charge in [0.1, 0.15) is 0 Å². The Bertz CT molecular complexity index is 185. The number of carbonyl (C=O) groups is 2. The molecule has 16 heavy (non-hydrogen) atoms. The molecule has 0 aromatic carbocycles. The van der Waals surface area contributed by atoms with E-state index in [1.54, 1.807) is 0 Å². The Kier molecular flexibility index (Phi) is 11.3. The third-order valence-electron chi connectivity index (χ3n) is 2.07. The molecule has 3 nitrogen and oxygen atoms in total. The van der Waals surface area contributed by atoms with E-state index in [0.29, 0.717) is 26.1 Å². The molecule has 0 unspecified atom stereocenters. The van der Waals surface area contributed by atoms with Crippen molar-refractivity contribution >= 4 is 33.7 Å². The first-order valence-corrected chi connectivity index (χ1v) is 6.33. The lowest BCUT2D eigenvalue weighted by molar-refractivity contribution is -0.112. The van der Waals surface area contributed by atoms with Crippen molar-refractivity contribution in [3.05, 3.63) is 0 Å². The van der Waals surface area contributed by atoms with Gasteiger partial charge in [0, 0.05) is 26.1 Å². The molecule has 0 atom stereocenters. The lowest BCUT2D eigenvalue weighted by Crippen LogP contribution is -1.98. The number of rotatable bonds is 11. The zero-order valence-electron chi connectivity index (χ0n) is 9.34. The molecule has 0 saturated carbocycles. The van der Waals surface area contributed by atoms with E-state index in [1.807, 2.05) is 0 Å². The Balaban J connectivity index is 2.98. The minimum atomic E-state index is -0.286. The molecule has 0 N–H and O–H groups in total. The van der Waals surface area contributed by atoms with Crippen LogP contribution in [0.25, 0.3) is 0 Å². The molecule has 0 aromatic rings. The Morgan fingerprint density at radius 2 is 1.19 bits per heavy atom. The van der Waals surface area contributed by atoms with Crippen molar-refractivity contribution < 1.29 is 14.3 Å². The lowest BCUT2D eigenvalue weighted by Gasteiger charge is -2.02. The van der Waals surface area contributed by atoms with Gasteiger partial charge in [-0.15, -0.1) is 0 Å². The van der Waals surface area contributed by atoms with Gasteiger partial charge in [-0.25, -0.2) is 0 Å². The fraction of sp³-hybridized carbons (Fsp3) is 0.818. The van der Waals surface area contributed by atoms with Crippen molar-refractivity contribution in [2.75, 3.05) is 13.2 Å². The van der Waals surface area contributed by atoms with Gasteiger partial charge < -0.3 is 4.74 Å². The Labute approximate surface area is 106 Å². The van der Waals surface area contributed by atoms with Crippen LogP contribution < -0.4 is 0 Å². The average Bonchev–Trinajstić information content (AvgIpc) is 2.20. The molecule has 0 rings (SSSR count). The largest absolute Gasteiger partial charge is 0.381 e. The summed E-state index contributed by atoms with van der Waals surface area (Å²) in [4.78, 5) is 20.8. The Morgan fingerprint density at radius 1 is 0.750 bits per heavy atom. The first kappa shape index (κ1) is 15.9. The molecule has 0 radical (unpaired) electrons. The summed E-state index contributed by atoms with van der Waals surface area (Å²) in [6.45, 7) is 1.36. The Hall–Kier alpha value is -0.120. The van der Waals surface area contributed by atoms with Gasteiger partial charge in [0.15, 0.2) is 0 Å². The highest BCUT2D eigenvalue weighted by atomic mass is 35.5. The molecule has 0 aliphatic rings. The van der Waals surface area contributed by atoms with Crippen molar-refractivity contribution in [1.29, 1.82) is 0 Å². The van der Waals surface area contributed by atoms with Gasteiger partial charge in [0.2, 0.25) is 10.5 Å². The standard InChI is InChI=1S/C11H18Cl2O3/c12-10(14)6-2-1-4-8-16-9-5-3-7-11(13)15/h1-9H2. The molecule has 0 heterocycles. The lowest BCUT2D eigenvalue weighted by atomic mass is 10.2. The second-order valence-electron chi connectivity index (χ2n) is 3.59. The van der Waals surface area contributed by atoms with Crippen LogP contribution in [0.1, 0.15) is 44.9 Å². The van der Waals surface area contributed by atoms with Crippen LogP contribution in [-0.2, 0) is 14.3 Å². The fourth-order valence-corrected chi connectivity index (χ4v) is 1.48. The predicted octanol–water partition coefficient (Wildman–Crippen LogP) is 3.26. The van der Waals surface area contributed by atoms with E-state index in [-0.39, 0.29) is 10.5 Å². The molecule has 0 aliphatic carbocycles. The molecular formula is C11H18Cl2O3. The number of hydrogen-bond donors (Lipinski definition) is 0. The number of ether oxygens (including phenoxy) is 1. The van der Waals surface area contributed by atoms with Gasteiger partial charge in [0.25, 0.3) is 0 Å². The second kappa shape index (κ2) is 11.4. The van der Waals surface area contributed by atoms with E-state index < -0.39 is 0 Å². The summed E-state index contributed by atoms with van der Waals surface area (Å²) in [6, 6.07) is 0. The number of hydrogen-bond acceptors (Lipinski definition) is 3. The van der Waals surface area contributed by atoms with Crippen LogP contribution in [0, 0.1) is 0 Å². The molecule has 0 fully saturated rings. The van der Waals surface area contributed by atoms with Crippen LogP contribution in [0.3, 0.4) is 0 Å². The summed E-state index contributed by atoms with van der Waals surface area (Å²) in [7, 11) is 0. The summed E-state index contributed by atoms with van der Waals surface area (Å²) < 4.78 is 5.35. The molecule has 0 spiro atoms. The Morgan fingerprint density at radius 3 is 1.69 bits per heavy atom. The van der Waals surface area contributed by atoms with Gasteiger partial charge in [0.05, 0.1) is 0 Å². The second-order valence-corrected chi connectivity index (χ2v) is 4.43. The maximum Gasteiger partial charge on any atom is 0.221 e. The maximum absolute atomic E-state index is 10.4. The third kappa shape index (κ3) is 13.9. The van der Waals surface area contributed by atoms with E-state index in [0.717, 1.165) is 32.1 Å². The zero-order chi connectivity index (χ0) is 12.2. The highest BCUT2D eigenvalue weighted by Gasteiger charge is 1.97. The van der Waals surface area contributed by atoms with Crippen LogP contribution in [0.2, 0.25) is 0 Å². The van der Waals surface area contributed by atoms with E-state index in [1.165, 1.54) is 0 Å². The van der Waals surface area contributed by atoms with Gasteiger partial charge in [-0.2, -0.15) is 0 Å². The molecule has 0 saturated heterocycles.